The minimum absolute atomic E-state index is 0.322. The molecule has 10 heavy (non-hydrogen) atoms. The Labute approximate surface area is 58.4 Å². The van der Waals surface area contributed by atoms with Crippen LogP contribution >= 0.6 is 0 Å². The van der Waals surface area contributed by atoms with Crippen LogP contribution in [0.1, 0.15) is 5.69 Å². The van der Waals surface area contributed by atoms with Gasteiger partial charge in [0, 0.05) is 0 Å². The van der Waals surface area contributed by atoms with Gasteiger partial charge in [-0.1, -0.05) is 0 Å². The predicted octanol–water partition coefficient (Wildman–Crippen LogP) is -0.347. The van der Waals surface area contributed by atoms with Crippen molar-refractivity contribution in [2.24, 2.45) is 5.84 Å². The third kappa shape index (κ3) is 1.14. The summed E-state index contributed by atoms with van der Waals surface area (Å²) >= 11 is 0. The zero-order chi connectivity index (χ0) is 7.56. The Kier molecular flexibility index (Phi) is 1.68. The topological polar surface area (TPSA) is 89.8 Å². The van der Waals surface area contributed by atoms with Crippen LogP contribution in [0.2, 0.25) is 0 Å². The van der Waals surface area contributed by atoms with Gasteiger partial charge >= 0.3 is 0 Å². The van der Waals surface area contributed by atoms with Gasteiger partial charge in [-0.2, -0.15) is 0 Å². The average Bonchev–Trinajstić information content (AvgIpc) is 1.88. The van der Waals surface area contributed by atoms with Crippen molar-refractivity contribution in [1.82, 2.24) is 9.97 Å². The number of anilines is 2. The highest BCUT2D eigenvalue weighted by Crippen LogP contribution is 2.08. The van der Waals surface area contributed by atoms with E-state index < -0.39 is 0 Å². The fraction of sp³-hybridized carbons (Fsp3) is 0.200. The van der Waals surface area contributed by atoms with Crippen LogP contribution in [0.4, 0.5) is 11.6 Å². The fourth-order valence-corrected chi connectivity index (χ4v) is 0.607. The second-order valence-corrected chi connectivity index (χ2v) is 1.89. The molecule has 0 spiro atoms. The lowest BCUT2D eigenvalue weighted by Crippen LogP contribution is -2.12. The molecule has 0 aliphatic rings. The van der Waals surface area contributed by atoms with Gasteiger partial charge in [-0.25, -0.2) is 15.8 Å². The smallest absolute Gasteiger partial charge is 0.183 e. The molecule has 0 saturated heterocycles. The SMILES string of the molecule is Cc1cnc(NN)c(N)n1. The number of rotatable bonds is 1. The second-order valence-electron chi connectivity index (χ2n) is 1.89. The molecule has 0 amide bonds. The van der Waals surface area contributed by atoms with Crippen molar-refractivity contribution in [2.45, 2.75) is 6.92 Å². The molecule has 5 heteroatoms. The van der Waals surface area contributed by atoms with Gasteiger partial charge in [0.2, 0.25) is 0 Å². The third-order valence-corrected chi connectivity index (χ3v) is 1.06. The summed E-state index contributed by atoms with van der Waals surface area (Å²) in [6.45, 7) is 1.81. The molecule has 5 N–H and O–H groups in total. The van der Waals surface area contributed by atoms with Crippen molar-refractivity contribution in [3.8, 4) is 0 Å². The first-order valence-electron chi connectivity index (χ1n) is 2.80. The standard InChI is InChI=1S/C5H9N5/c1-3-2-8-5(10-7)4(6)9-3/h2H,7H2,1H3,(H2,6,9)(H,8,10). The number of hydrogen-bond donors (Lipinski definition) is 3. The molecule has 1 heterocycles. The first-order chi connectivity index (χ1) is 4.74. The van der Waals surface area contributed by atoms with Crippen molar-refractivity contribution in [1.29, 1.82) is 0 Å². The third-order valence-electron chi connectivity index (χ3n) is 1.06. The maximum atomic E-state index is 5.42. The minimum atomic E-state index is 0.322. The lowest BCUT2D eigenvalue weighted by molar-refractivity contribution is 1.11. The molecule has 1 aromatic heterocycles. The number of nitrogens with one attached hydrogen (secondary N) is 1. The van der Waals surface area contributed by atoms with E-state index in [1.807, 2.05) is 6.92 Å². The largest absolute Gasteiger partial charge is 0.381 e. The van der Waals surface area contributed by atoms with E-state index in [9.17, 15) is 0 Å². The maximum absolute atomic E-state index is 5.42. The van der Waals surface area contributed by atoms with Crippen LogP contribution in [0.3, 0.4) is 0 Å². The molecule has 54 valence electrons. The molecule has 0 unspecified atom stereocenters. The van der Waals surface area contributed by atoms with Gasteiger partial charge in [0.15, 0.2) is 11.6 Å². The first kappa shape index (κ1) is 6.76. The Bertz CT molecular complexity index is 233. The van der Waals surface area contributed by atoms with Crippen molar-refractivity contribution in [3.63, 3.8) is 0 Å². The Balaban J connectivity index is 3.07. The van der Waals surface area contributed by atoms with Gasteiger partial charge in [-0.15, -0.1) is 0 Å². The minimum Gasteiger partial charge on any atom is -0.381 e. The summed E-state index contributed by atoms with van der Waals surface area (Å²) in [5.41, 5.74) is 8.51. The van der Waals surface area contributed by atoms with E-state index >= 15 is 0 Å². The molecule has 0 aliphatic carbocycles. The molecule has 0 radical (unpaired) electrons. The molecule has 5 nitrogen and oxygen atoms in total. The van der Waals surface area contributed by atoms with E-state index in [0.717, 1.165) is 5.69 Å². The predicted molar refractivity (Wildman–Crippen MR) is 39.0 cm³/mol. The van der Waals surface area contributed by atoms with Crippen LogP contribution in [-0.2, 0) is 0 Å². The summed E-state index contributed by atoms with van der Waals surface area (Å²) in [5, 5.41) is 0. The molecule has 0 bridgehead atoms. The second kappa shape index (κ2) is 2.49. The number of hydrogen-bond acceptors (Lipinski definition) is 5. The Morgan fingerprint density at radius 1 is 1.60 bits per heavy atom. The first-order valence-corrected chi connectivity index (χ1v) is 2.80. The van der Waals surface area contributed by atoms with Crippen LogP contribution < -0.4 is 17.0 Å². The molecule has 0 fully saturated rings. The van der Waals surface area contributed by atoms with E-state index in [2.05, 4.69) is 15.4 Å². The van der Waals surface area contributed by atoms with E-state index in [4.69, 9.17) is 11.6 Å². The van der Waals surface area contributed by atoms with Gasteiger partial charge in [-0.3, -0.25) is 0 Å². The Hall–Kier alpha value is -1.36. The van der Waals surface area contributed by atoms with Crippen LogP contribution in [0.25, 0.3) is 0 Å². The lowest BCUT2D eigenvalue weighted by atomic mass is 10.5. The molecule has 1 aromatic rings. The quantitative estimate of drug-likeness (QED) is 0.365. The van der Waals surface area contributed by atoms with E-state index in [1.165, 1.54) is 0 Å². The average molecular weight is 139 g/mol. The van der Waals surface area contributed by atoms with Gasteiger partial charge in [-0.05, 0) is 6.92 Å². The number of hydrazine groups is 1. The molecule has 0 saturated carbocycles. The number of aryl methyl sites for hydroxylation is 1. The van der Waals surface area contributed by atoms with Crippen molar-refractivity contribution >= 4 is 11.6 Å². The van der Waals surface area contributed by atoms with Gasteiger partial charge in [0.1, 0.15) is 0 Å². The van der Waals surface area contributed by atoms with Gasteiger partial charge < -0.3 is 11.2 Å². The summed E-state index contributed by atoms with van der Waals surface area (Å²) < 4.78 is 0. The molecular weight excluding hydrogens is 130 g/mol. The van der Waals surface area contributed by atoms with Crippen molar-refractivity contribution in [2.75, 3.05) is 11.2 Å². The Morgan fingerprint density at radius 3 is 2.80 bits per heavy atom. The zero-order valence-electron chi connectivity index (χ0n) is 5.63. The van der Waals surface area contributed by atoms with Crippen molar-refractivity contribution in [3.05, 3.63) is 11.9 Å². The normalized spacial score (nSPS) is 9.40. The highest BCUT2D eigenvalue weighted by Gasteiger charge is 1.97. The summed E-state index contributed by atoms with van der Waals surface area (Å²) in [4.78, 5) is 7.79. The maximum Gasteiger partial charge on any atom is 0.183 e. The highest BCUT2D eigenvalue weighted by molar-refractivity contribution is 5.54. The molecule has 0 aromatic carbocycles. The highest BCUT2D eigenvalue weighted by atomic mass is 15.3. The zero-order valence-corrected chi connectivity index (χ0v) is 5.63. The van der Waals surface area contributed by atoms with Crippen LogP contribution in [0, 0.1) is 6.92 Å². The monoisotopic (exact) mass is 139 g/mol. The molecule has 0 aliphatic heterocycles. The van der Waals surface area contributed by atoms with E-state index in [1.54, 1.807) is 6.20 Å². The van der Waals surface area contributed by atoms with Crippen LogP contribution in [0.5, 0.6) is 0 Å². The Morgan fingerprint density at radius 2 is 2.30 bits per heavy atom. The lowest BCUT2D eigenvalue weighted by Gasteiger charge is -2.01. The molecule has 0 atom stereocenters. The number of nitrogens with two attached hydrogens (primary N) is 2. The summed E-state index contributed by atoms with van der Waals surface area (Å²) in [6, 6.07) is 0. The van der Waals surface area contributed by atoms with E-state index in [0.29, 0.717) is 11.6 Å². The van der Waals surface area contributed by atoms with Gasteiger partial charge in [0.05, 0.1) is 11.9 Å². The number of aromatic nitrogens is 2. The van der Waals surface area contributed by atoms with E-state index in [-0.39, 0.29) is 0 Å². The summed E-state index contributed by atoms with van der Waals surface area (Å²) in [7, 11) is 0. The van der Waals surface area contributed by atoms with Crippen molar-refractivity contribution < 1.29 is 0 Å². The van der Waals surface area contributed by atoms with Crippen LogP contribution in [0.15, 0.2) is 6.20 Å². The van der Waals surface area contributed by atoms with Gasteiger partial charge in [0.25, 0.3) is 0 Å². The fourth-order valence-electron chi connectivity index (χ4n) is 0.607. The summed E-state index contributed by atoms with van der Waals surface area (Å²) in [6.07, 6.45) is 1.59. The number of nitrogen functional groups attached to an aromatic ring is 2. The molecular formula is C5H9N5. The summed E-state index contributed by atoms with van der Waals surface area (Å²) in [5.74, 6) is 5.80. The van der Waals surface area contributed by atoms with Crippen LogP contribution in [-0.4, -0.2) is 9.97 Å². The number of nitrogens with zero attached hydrogens (tertiary/aromatic N) is 2. The molecule has 1 rings (SSSR count).